The van der Waals surface area contributed by atoms with E-state index in [0.717, 1.165) is 10.4 Å². The maximum Gasteiger partial charge on any atom is 0.321 e. The smallest absolute Gasteiger partial charge is 0.321 e. The van der Waals surface area contributed by atoms with Gasteiger partial charge in [-0.3, -0.25) is 15.0 Å². The maximum atomic E-state index is 11.8. The SMILES string of the molecule is CN(CC(=O)NC(=O)NCc1cccs1)Cc1ccc(Cl)cc1. The first-order valence-corrected chi connectivity index (χ1v) is 8.32. The normalized spacial score (nSPS) is 10.6. The summed E-state index contributed by atoms with van der Waals surface area (Å²) in [6.07, 6.45) is 0. The number of nitrogens with one attached hydrogen (secondary N) is 2. The molecule has 23 heavy (non-hydrogen) atoms. The third-order valence-corrected chi connectivity index (χ3v) is 4.16. The number of likely N-dealkylation sites (N-methyl/N-ethyl adjacent to an activating group) is 1. The highest BCUT2D eigenvalue weighted by molar-refractivity contribution is 7.09. The molecule has 5 nitrogen and oxygen atoms in total. The molecular weight excluding hydrogens is 334 g/mol. The summed E-state index contributed by atoms with van der Waals surface area (Å²) in [7, 11) is 1.82. The van der Waals surface area contributed by atoms with Gasteiger partial charge in [-0.2, -0.15) is 0 Å². The lowest BCUT2D eigenvalue weighted by Gasteiger charge is -2.16. The molecule has 2 aromatic rings. The molecule has 0 radical (unpaired) electrons. The van der Waals surface area contributed by atoms with Gasteiger partial charge in [0.15, 0.2) is 0 Å². The molecule has 3 amide bonds. The first-order valence-electron chi connectivity index (χ1n) is 7.06. The lowest BCUT2D eigenvalue weighted by Crippen LogP contribution is -2.43. The Balaban J connectivity index is 1.70. The molecule has 1 aromatic heterocycles. The Morgan fingerprint density at radius 3 is 2.61 bits per heavy atom. The number of nitrogens with zero attached hydrogens (tertiary/aromatic N) is 1. The zero-order valence-corrected chi connectivity index (χ0v) is 14.3. The Hall–Kier alpha value is -1.89. The number of benzene rings is 1. The van der Waals surface area contributed by atoms with Crippen molar-refractivity contribution < 1.29 is 9.59 Å². The van der Waals surface area contributed by atoms with Gasteiger partial charge in [-0.1, -0.05) is 29.8 Å². The zero-order valence-electron chi connectivity index (χ0n) is 12.7. The summed E-state index contributed by atoms with van der Waals surface area (Å²) in [5.41, 5.74) is 1.05. The van der Waals surface area contributed by atoms with Crippen LogP contribution in [0.2, 0.25) is 5.02 Å². The average Bonchev–Trinajstić information content (AvgIpc) is 3.00. The van der Waals surface area contributed by atoms with Crippen molar-refractivity contribution in [1.29, 1.82) is 0 Å². The van der Waals surface area contributed by atoms with Gasteiger partial charge in [0.25, 0.3) is 0 Å². The second-order valence-electron chi connectivity index (χ2n) is 5.11. The second-order valence-corrected chi connectivity index (χ2v) is 6.58. The summed E-state index contributed by atoms with van der Waals surface area (Å²) in [6, 6.07) is 10.8. The van der Waals surface area contributed by atoms with Crippen LogP contribution in [0.15, 0.2) is 41.8 Å². The zero-order chi connectivity index (χ0) is 16.7. The molecule has 0 unspecified atom stereocenters. The van der Waals surface area contributed by atoms with Crippen molar-refractivity contribution in [3.8, 4) is 0 Å². The van der Waals surface area contributed by atoms with Gasteiger partial charge in [0.1, 0.15) is 0 Å². The molecule has 0 atom stereocenters. The van der Waals surface area contributed by atoms with Gasteiger partial charge in [0.05, 0.1) is 13.1 Å². The Morgan fingerprint density at radius 2 is 1.96 bits per heavy atom. The summed E-state index contributed by atoms with van der Waals surface area (Å²) in [5.74, 6) is -0.342. The van der Waals surface area contributed by atoms with Crippen LogP contribution in [0.25, 0.3) is 0 Å². The first kappa shape index (κ1) is 17.5. The van der Waals surface area contributed by atoms with Crippen LogP contribution in [-0.4, -0.2) is 30.4 Å². The Kier molecular flexibility index (Phi) is 6.58. The maximum absolute atomic E-state index is 11.8. The molecule has 0 aliphatic heterocycles. The van der Waals surface area contributed by atoms with E-state index in [0.29, 0.717) is 18.1 Å². The lowest BCUT2D eigenvalue weighted by molar-refractivity contribution is -0.120. The molecule has 0 aliphatic rings. The van der Waals surface area contributed by atoms with Crippen molar-refractivity contribution in [2.45, 2.75) is 13.1 Å². The molecule has 0 aliphatic carbocycles. The monoisotopic (exact) mass is 351 g/mol. The number of hydrogen-bond acceptors (Lipinski definition) is 4. The number of amides is 3. The minimum Gasteiger partial charge on any atom is -0.333 e. The van der Waals surface area contributed by atoms with Gasteiger partial charge in [-0.05, 0) is 36.2 Å². The largest absolute Gasteiger partial charge is 0.333 e. The van der Waals surface area contributed by atoms with E-state index in [1.165, 1.54) is 0 Å². The van der Waals surface area contributed by atoms with Crippen LogP contribution < -0.4 is 10.6 Å². The number of carbonyl (C=O) groups is 2. The summed E-state index contributed by atoms with van der Waals surface area (Å²) in [4.78, 5) is 26.4. The highest BCUT2D eigenvalue weighted by Gasteiger charge is 2.10. The third-order valence-electron chi connectivity index (χ3n) is 3.04. The molecule has 1 heterocycles. The quantitative estimate of drug-likeness (QED) is 0.841. The predicted molar refractivity (Wildman–Crippen MR) is 92.5 cm³/mol. The molecular formula is C16H18ClN3O2S. The van der Waals surface area contributed by atoms with Crippen molar-refractivity contribution >= 4 is 34.9 Å². The van der Waals surface area contributed by atoms with Crippen LogP contribution >= 0.6 is 22.9 Å². The summed E-state index contributed by atoms with van der Waals surface area (Å²) in [5, 5.41) is 7.59. The van der Waals surface area contributed by atoms with E-state index in [-0.39, 0.29) is 12.5 Å². The predicted octanol–water partition coefficient (Wildman–Crippen LogP) is 2.86. The van der Waals surface area contributed by atoms with Crippen molar-refractivity contribution in [2.24, 2.45) is 0 Å². The molecule has 0 fully saturated rings. The molecule has 1 aromatic carbocycles. The number of rotatable bonds is 6. The van der Waals surface area contributed by atoms with E-state index in [1.807, 2.05) is 53.7 Å². The molecule has 0 spiro atoms. The van der Waals surface area contributed by atoms with Crippen LogP contribution in [0.4, 0.5) is 4.79 Å². The Bertz CT molecular complexity index is 644. The standard InChI is InChI=1S/C16H18ClN3O2S/c1-20(10-12-4-6-13(17)7-5-12)11-15(21)19-16(22)18-9-14-3-2-8-23-14/h2-8H,9-11H2,1H3,(H2,18,19,21,22). The number of urea groups is 1. The van der Waals surface area contributed by atoms with Gasteiger partial charge < -0.3 is 5.32 Å². The van der Waals surface area contributed by atoms with Crippen LogP contribution in [0.1, 0.15) is 10.4 Å². The Morgan fingerprint density at radius 1 is 1.22 bits per heavy atom. The van der Waals surface area contributed by atoms with E-state index in [9.17, 15) is 9.59 Å². The summed E-state index contributed by atoms with van der Waals surface area (Å²) in [6.45, 7) is 1.15. The van der Waals surface area contributed by atoms with Crippen LogP contribution in [0.3, 0.4) is 0 Å². The van der Waals surface area contributed by atoms with Crippen LogP contribution in [0.5, 0.6) is 0 Å². The van der Waals surface area contributed by atoms with Crippen LogP contribution in [-0.2, 0) is 17.9 Å². The van der Waals surface area contributed by atoms with Crippen molar-refractivity contribution in [1.82, 2.24) is 15.5 Å². The lowest BCUT2D eigenvalue weighted by atomic mass is 10.2. The van der Waals surface area contributed by atoms with Gasteiger partial charge in [0, 0.05) is 16.4 Å². The van der Waals surface area contributed by atoms with Gasteiger partial charge in [-0.25, -0.2) is 4.79 Å². The molecule has 122 valence electrons. The number of halogens is 1. The number of thiophene rings is 1. The van der Waals surface area contributed by atoms with Crippen molar-refractivity contribution in [3.05, 3.63) is 57.2 Å². The second kappa shape index (κ2) is 8.67. The van der Waals surface area contributed by atoms with Crippen LogP contribution in [0, 0.1) is 0 Å². The van der Waals surface area contributed by atoms with Gasteiger partial charge in [-0.15, -0.1) is 11.3 Å². The molecule has 2 N–H and O–H groups in total. The molecule has 0 bridgehead atoms. The van der Waals surface area contributed by atoms with Gasteiger partial charge >= 0.3 is 6.03 Å². The van der Waals surface area contributed by atoms with Crippen molar-refractivity contribution in [3.63, 3.8) is 0 Å². The topological polar surface area (TPSA) is 61.4 Å². The number of imide groups is 1. The van der Waals surface area contributed by atoms with E-state index < -0.39 is 6.03 Å². The van der Waals surface area contributed by atoms with Crippen molar-refractivity contribution in [2.75, 3.05) is 13.6 Å². The first-order chi connectivity index (χ1) is 11.0. The fourth-order valence-electron chi connectivity index (χ4n) is 1.99. The molecule has 2 rings (SSSR count). The minimum absolute atomic E-state index is 0.134. The van der Waals surface area contributed by atoms with Gasteiger partial charge in [0.2, 0.25) is 5.91 Å². The third kappa shape index (κ3) is 6.40. The van der Waals surface area contributed by atoms with E-state index in [2.05, 4.69) is 10.6 Å². The average molecular weight is 352 g/mol. The highest BCUT2D eigenvalue weighted by Crippen LogP contribution is 2.10. The van der Waals surface area contributed by atoms with E-state index >= 15 is 0 Å². The minimum atomic E-state index is -0.483. The van der Waals surface area contributed by atoms with E-state index in [1.54, 1.807) is 11.3 Å². The van der Waals surface area contributed by atoms with E-state index in [4.69, 9.17) is 11.6 Å². The molecule has 7 heteroatoms. The Labute approximate surface area is 144 Å². The number of hydrogen-bond donors (Lipinski definition) is 2. The fraction of sp³-hybridized carbons (Fsp3) is 0.250. The number of carbonyl (C=O) groups excluding carboxylic acids is 2. The molecule has 0 saturated carbocycles. The summed E-state index contributed by atoms with van der Waals surface area (Å²) < 4.78 is 0. The highest BCUT2D eigenvalue weighted by atomic mass is 35.5. The summed E-state index contributed by atoms with van der Waals surface area (Å²) >= 11 is 7.39. The fourth-order valence-corrected chi connectivity index (χ4v) is 2.76. The molecule has 0 saturated heterocycles.